The topological polar surface area (TPSA) is 109 Å². The molecule has 27 heavy (non-hydrogen) atoms. The molecule has 0 fully saturated rings. The Labute approximate surface area is 154 Å². The molecule has 0 aliphatic heterocycles. The zero-order valence-electron chi connectivity index (χ0n) is 14.7. The summed E-state index contributed by atoms with van der Waals surface area (Å²) in [5.74, 6) is 0.0349. The van der Waals surface area contributed by atoms with Crippen molar-refractivity contribution < 1.29 is 19.2 Å². The summed E-state index contributed by atoms with van der Waals surface area (Å²) < 4.78 is 11.4. The monoisotopic (exact) mass is 368 g/mol. The predicted molar refractivity (Wildman–Crippen MR) is 96.0 cm³/mol. The van der Waals surface area contributed by atoms with Crippen LogP contribution < -0.4 is 4.74 Å². The smallest absolute Gasteiger partial charge is 0.358 e. The Bertz CT molecular complexity index is 982. The fraction of sp³-hybridized carbons (Fsp3) is 0.167. The summed E-state index contributed by atoms with van der Waals surface area (Å²) in [6.45, 7) is 1.87. The van der Waals surface area contributed by atoms with E-state index in [1.165, 1.54) is 29.1 Å². The van der Waals surface area contributed by atoms with Gasteiger partial charge in [-0.1, -0.05) is 0 Å². The zero-order chi connectivity index (χ0) is 19.4. The van der Waals surface area contributed by atoms with E-state index in [2.05, 4.69) is 10.1 Å². The molecule has 0 aliphatic rings. The van der Waals surface area contributed by atoms with E-state index in [-0.39, 0.29) is 23.8 Å². The molecule has 0 unspecified atom stereocenters. The van der Waals surface area contributed by atoms with Gasteiger partial charge in [-0.25, -0.2) is 14.5 Å². The van der Waals surface area contributed by atoms with Crippen LogP contribution in [0.3, 0.4) is 0 Å². The molecule has 0 saturated heterocycles. The molecule has 2 aromatic heterocycles. The number of nitro groups is 1. The Morgan fingerprint density at radius 3 is 2.63 bits per heavy atom. The van der Waals surface area contributed by atoms with Crippen molar-refractivity contribution in [2.45, 2.75) is 6.92 Å². The lowest BCUT2D eigenvalue weighted by atomic mass is 10.1. The van der Waals surface area contributed by atoms with Crippen molar-refractivity contribution in [1.29, 1.82) is 0 Å². The Balaban J connectivity index is 2.19. The van der Waals surface area contributed by atoms with E-state index in [0.29, 0.717) is 17.0 Å². The highest BCUT2D eigenvalue weighted by Gasteiger charge is 2.23. The number of hydrogen-bond donors (Lipinski definition) is 0. The quantitative estimate of drug-likeness (QED) is 0.374. The predicted octanol–water partition coefficient (Wildman–Crippen LogP) is 3.03. The number of nitrogens with zero attached hydrogens (tertiary/aromatic N) is 4. The lowest BCUT2D eigenvalue weighted by Crippen LogP contribution is -2.09. The summed E-state index contributed by atoms with van der Waals surface area (Å²) >= 11 is 0. The second-order valence-corrected chi connectivity index (χ2v) is 5.38. The van der Waals surface area contributed by atoms with Crippen LogP contribution in [0.25, 0.3) is 17.1 Å². The average molecular weight is 368 g/mol. The Kier molecular flexibility index (Phi) is 5.11. The van der Waals surface area contributed by atoms with Gasteiger partial charge in [0.25, 0.3) is 0 Å². The van der Waals surface area contributed by atoms with Crippen molar-refractivity contribution >= 4 is 11.7 Å². The molecule has 138 valence electrons. The number of benzene rings is 1. The first-order valence-electron chi connectivity index (χ1n) is 8.06. The minimum absolute atomic E-state index is 0.00358. The number of methoxy groups -OCH3 is 1. The third-order valence-electron chi connectivity index (χ3n) is 3.74. The minimum atomic E-state index is -0.621. The number of hydrogen-bond acceptors (Lipinski definition) is 7. The maximum atomic E-state index is 12.1. The lowest BCUT2D eigenvalue weighted by molar-refractivity contribution is -0.384. The Hall–Kier alpha value is -3.75. The normalized spacial score (nSPS) is 10.4. The van der Waals surface area contributed by atoms with Crippen molar-refractivity contribution in [2.75, 3.05) is 13.7 Å². The second kappa shape index (κ2) is 7.65. The van der Waals surface area contributed by atoms with Crippen LogP contribution in [-0.2, 0) is 4.74 Å². The van der Waals surface area contributed by atoms with Crippen LogP contribution in [0.2, 0.25) is 0 Å². The molecule has 0 saturated carbocycles. The van der Waals surface area contributed by atoms with Gasteiger partial charge in [-0.3, -0.25) is 10.1 Å². The van der Waals surface area contributed by atoms with Crippen molar-refractivity contribution in [1.82, 2.24) is 14.8 Å². The van der Waals surface area contributed by atoms with Gasteiger partial charge in [0, 0.05) is 17.8 Å². The average Bonchev–Trinajstić information content (AvgIpc) is 3.13. The summed E-state index contributed by atoms with van der Waals surface area (Å²) in [6.07, 6.45) is 1.42. The van der Waals surface area contributed by atoms with Gasteiger partial charge in [0.15, 0.2) is 5.69 Å². The largest absolute Gasteiger partial charge is 0.497 e. The van der Waals surface area contributed by atoms with E-state index in [0.717, 1.165) is 0 Å². The maximum absolute atomic E-state index is 12.1. The van der Waals surface area contributed by atoms with Gasteiger partial charge in [-0.05, 0) is 43.3 Å². The van der Waals surface area contributed by atoms with E-state index in [4.69, 9.17) is 9.47 Å². The number of rotatable bonds is 6. The first-order chi connectivity index (χ1) is 13.0. The molecule has 0 radical (unpaired) electrons. The van der Waals surface area contributed by atoms with Crippen molar-refractivity contribution in [2.24, 2.45) is 0 Å². The molecule has 0 atom stereocenters. The van der Waals surface area contributed by atoms with Crippen molar-refractivity contribution in [3.63, 3.8) is 0 Å². The van der Waals surface area contributed by atoms with E-state index in [9.17, 15) is 14.9 Å². The van der Waals surface area contributed by atoms with E-state index in [1.54, 1.807) is 38.3 Å². The second-order valence-electron chi connectivity index (χ2n) is 5.38. The van der Waals surface area contributed by atoms with Crippen LogP contribution in [0.1, 0.15) is 17.4 Å². The van der Waals surface area contributed by atoms with Gasteiger partial charge in [0.2, 0.25) is 5.82 Å². The molecule has 3 aromatic rings. The molecule has 2 heterocycles. The van der Waals surface area contributed by atoms with Crippen molar-refractivity contribution in [3.05, 3.63) is 64.5 Å². The van der Waals surface area contributed by atoms with E-state index in [1.807, 2.05) is 0 Å². The molecule has 0 aliphatic carbocycles. The van der Waals surface area contributed by atoms with Gasteiger partial charge >= 0.3 is 11.7 Å². The van der Waals surface area contributed by atoms with Crippen LogP contribution in [0.5, 0.6) is 5.75 Å². The fourth-order valence-electron chi connectivity index (χ4n) is 2.51. The Morgan fingerprint density at radius 1 is 1.26 bits per heavy atom. The zero-order valence-corrected chi connectivity index (χ0v) is 14.7. The number of carbonyl (C=O) groups is 1. The van der Waals surface area contributed by atoms with Gasteiger partial charge in [0.05, 0.1) is 24.3 Å². The number of aromatic nitrogens is 3. The van der Waals surface area contributed by atoms with Crippen molar-refractivity contribution in [3.8, 4) is 22.8 Å². The number of pyridine rings is 1. The Morgan fingerprint density at radius 2 is 2.00 bits per heavy atom. The first kappa shape index (κ1) is 18.1. The fourth-order valence-corrected chi connectivity index (χ4v) is 2.51. The lowest BCUT2D eigenvalue weighted by Gasteiger charge is -2.07. The summed E-state index contributed by atoms with van der Waals surface area (Å²) in [6, 6.07) is 11.3. The standard InChI is InChI=1S/C18H16N4O5/c1-3-27-18(23)14-11-16(12-6-8-13(26-2)9-7-12)21(20-14)17-15(22(24)25)5-4-10-19-17/h4-11H,3H2,1-2H3. The molecule has 0 amide bonds. The van der Waals surface area contributed by atoms with Gasteiger partial charge in [-0.15, -0.1) is 0 Å². The van der Waals surface area contributed by atoms with Gasteiger partial charge < -0.3 is 9.47 Å². The number of carbonyl (C=O) groups excluding carboxylic acids is 1. The minimum Gasteiger partial charge on any atom is -0.497 e. The molecular formula is C18H16N4O5. The summed E-state index contributed by atoms with van der Waals surface area (Å²) in [5, 5.41) is 15.6. The summed E-state index contributed by atoms with van der Waals surface area (Å²) in [4.78, 5) is 27.0. The summed E-state index contributed by atoms with van der Waals surface area (Å²) in [7, 11) is 1.55. The highest BCUT2D eigenvalue weighted by Crippen LogP contribution is 2.29. The molecule has 0 spiro atoms. The third-order valence-corrected chi connectivity index (χ3v) is 3.74. The van der Waals surface area contributed by atoms with Gasteiger partial charge in [0.1, 0.15) is 5.75 Å². The SMILES string of the molecule is CCOC(=O)c1cc(-c2ccc(OC)cc2)n(-c2ncccc2[N+](=O)[O-])n1. The summed E-state index contributed by atoms with van der Waals surface area (Å²) in [5.41, 5.74) is 0.940. The molecule has 0 bridgehead atoms. The molecule has 3 rings (SSSR count). The van der Waals surface area contributed by atoms with Gasteiger partial charge in [-0.2, -0.15) is 5.10 Å². The highest BCUT2D eigenvalue weighted by molar-refractivity contribution is 5.89. The van der Waals surface area contributed by atoms with Crippen LogP contribution in [0, 0.1) is 10.1 Å². The molecule has 1 aromatic carbocycles. The van der Waals surface area contributed by atoms with Crippen LogP contribution in [0.15, 0.2) is 48.7 Å². The molecule has 0 N–H and O–H groups in total. The maximum Gasteiger partial charge on any atom is 0.358 e. The molecular weight excluding hydrogens is 352 g/mol. The third kappa shape index (κ3) is 3.61. The number of esters is 1. The van der Waals surface area contributed by atoms with E-state index < -0.39 is 10.9 Å². The molecule has 9 nitrogen and oxygen atoms in total. The van der Waals surface area contributed by atoms with Crippen LogP contribution >= 0.6 is 0 Å². The first-order valence-corrected chi connectivity index (χ1v) is 8.06. The number of ether oxygens (including phenoxy) is 2. The molecule has 9 heteroatoms. The van der Waals surface area contributed by atoms with E-state index >= 15 is 0 Å². The highest BCUT2D eigenvalue weighted by atomic mass is 16.6. The van der Waals surface area contributed by atoms with Crippen LogP contribution in [0.4, 0.5) is 5.69 Å². The van der Waals surface area contributed by atoms with Crippen LogP contribution in [-0.4, -0.2) is 39.4 Å².